The number of anilines is 1. The highest BCUT2D eigenvalue weighted by Crippen LogP contribution is 2.26. The molecule has 9 nitrogen and oxygen atoms in total. The van der Waals surface area contributed by atoms with E-state index in [4.69, 9.17) is 9.47 Å². The van der Waals surface area contributed by atoms with Crippen LogP contribution in [0, 0.1) is 13.8 Å². The smallest absolute Gasteiger partial charge is 0.266 e. The van der Waals surface area contributed by atoms with Crippen molar-refractivity contribution in [2.24, 2.45) is 0 Å². The van der Waals surface area contributed by atoms with E-state index in [0.29, 0.717) is 29.9 Å². The van der Waals surface area contributed by atoms with E-state index in [9.17, 15) is 4.79 Å². The van der Waals surface area contributed by atoms with Crippen LogP contribution in [0.5, 0.6) is 5.88 Å². The molecule has 3 aromatic heterocycles. The Morgan fingerprint density at radius 1 is 1.09 bits per heavy atom. The van der Waals surface area contributed by atoms with Gasteiger partial charge in [-0.2, -0.15) is 5.10 Å². The van der Waals surface area contributed by atoms with Gasteiger partial charge in [0, 0.05) is 19.7 Å². The van der Waals surface area contributed by atoms with E-state index in [-0.39, 0.29) is 11.8 Å². The third kappa shape index (κ3) is 4.57. The fourth-order valence-electron chi connectivity index (χ4n) is 3.25. The first-order valence-corrected chi connectivity index (χ1v) is 10.2. The number of fused-ring (bicyclic) bond motifs is 1. The highest BCUT2D eigenvalue weighted by Gasteiger charge is 2.24. The van der Waals surface area contributed by atoms with Gasteiger partial charge in [0.25, 0.3) is 5.91 Å². The van der Waals surface area contributed by atoms with E-state index in [1.54, 1.807) is 30.3 Å². The number of hydrogen-bond donors (Lipinski definition) is 1. The van der Waals surface area contributed by atoms with Crippen molar-refractivity contribution >= 4 is 22.8 Å². The van der Waals surface area contributed by atoms with Gasteiger partial charge >= 0.3 is 0 Å². The number of aryl methyl sites for hydroxylation is 2. The largest absolute Gasteiger partial charge is 0.464 e. The second-order valence-corrected chi connectivity index (χ2v) is 7.36. The van der Waals surface area contributed by atoms with Gasteiger partial charge in [0.2, 0.25) is 5.88 Å². The first-order chi connectivity index (χ1) is 15.6. The molecule has 1 aromatic carbocycles. The predicted octanol–water partition coefficient (Wildman–Crippen LogP) is 3.25. The Bertz CT molecular complexity index is 1220. The average molecular weight is 432 g/mol. The highest BCUT2D eigenvalue weighted by atomic mass is 16.5. The van der Waals surface area contributed by atoms with Gasteiger partial charge in [-0.1, -0.05) is 24.3 Å². The van der Waals surface area contributed by atoms with Crippen molar-refractivity contribution in [3.8, 4) is 11.6 Å². The molecule has 0 spiro atoms. The molecule has 0 saturated carbocycles. The van der Waals surface area contributed by atoms with Crippen molar-refractivity contribution in [3.05, 3.63) is 66.2 Å². The average Bonchev–Trinajstić information content (AvgIpc) is 3.23. The number of methoxy groups -OCH3 is 1. The lowest BCUT2D eigenvalue weighted by Gasteiger charge is -2.18. The van der Waals surface area contributed by atoms with Gasteiger partial charge in [-0.25, -0.2) is 19.6 Å². The van der Waals surface area contributed by atoms with Crippen LogP contribution in [0.25, 0.3) is 16.7 Å². The number of rotatable bonds is 8. The number of hydrogen-bond acceptors (Lipinski definition) is 7. The summed E-state index contributed by atoms with van der Waals surface area (Å²) in [5.74, 6) is 0.395. The van der Waals surface area contributed by atoms with Gasteiger partial charge in [-0.15, -0.1) is 0 Å². The van der Waals surface area contributed by atoms with Crippen molar-refractivity contribution in [2.45, 2.75) is 26.4 Å². The quantitative estimate of drug-likeness (QED) is 0.456. The van der Waals surface area contributed by atoms with Crippen LogP contribution >= 0.6 is 0 Å². The van der Waals surface area contributed by atoms with Crippen molar-refractivity contribution in [1.29, 1.82) is 0 Å². The second-order valence-electron chi connectivity index (χ2n) is 7.36. The van der Waals surface area contributed by atoms with Crippen LogP contribution in [0.2, 0.25) is 0 Å². The molecule has 0 aliphatic rings. The molecule has 0 fully saturated rings. The summed E-state index contributed by atoms with van der Waals surface area (Å²) in [5, 5.41) is 7.88. The molecule has 0 radical (unpaired) electrons. The number of nitrogens with zero attached hydrogens (tertiary/aromatic N) is 5. The Hall–Kier alpha value is -3.85. The minimum absolute atomic E-state index is 0.281. The van der Waals surface area contributed by atoms with Crippen LogP contribution in [-0.4, -0.2) is 50.5 Å². The lowest BCUT2D eigenvalue weighted by atomic mass is 10.2. The van der Waals surface area contributed by atoms with E-state index in [1.807, 2.05) is 44.2 Å². The molecule has 0 unspecified atom stereocenters. The van der Waals surface area contributed by atoms with Crippen LogP contribution in [0.15, 0.2) is 55.1 Å². The summed E-state index contributed by atoms with van der Waals surface area (Å²) in [6, 6.07) is 11.5. The fraction of sp³-hybridized carbons (Fsp3) is 0.261. The molecule has 4 rings (SSSR count). The van der Waals surface area contributed by atoms with Crippen LogP contribution in [0.4, 0.5) is 5.82 Å². The number of ether oxygens (including phenoxy) is 2. The molecule has 32 heavy (non-hydrogen) atoms. The lowest BCUT2D eigenvalue weighted by Crippen LogP contribution is -2.34. The summed E-state index contributed by atoms with van der Waals surface area (Å²) < 4.78 is 12.9. The molecule has 164 valence electrons. The zero-order valence-corrected chi connectivity index (χ0v) is 18.1. The summed E-state index contributed by atoms with van der Waals surface area (Å²) in [6.45, 7) is 4.28. The maximum absolute atomic E-state index is 12.9. The molecule has 9 heteroatoms. The zero-order valence-electron chi connectivity index (χ0n) is 18.1. The van der Waals surface area contributed by atoms with Gasteiger partial charge in [0.1, 0.15) is 17.5 Å². The molecule has 1 amide bonds. The summed E-state index contributed by atoms with van der Waals surface area (Å²) in [7, 11) is 1.58. The standard InChI is InChI=1S/C23H24N6O3/c1-15-8-9-20(24-12-15)28-22(30)19(10-11-31-3)32-23-17-13-27-29(21(17)25-14-26-23)18-7-5-4-6-16(18)2/h4-9,12-14,19H,10-11H2,1-3H3,(H,24,28,30)/t19-/m0/s1. The topological polar surface area (TPSA) is 104 Å². The van der Waals surface area contributed by atoms with Crippen LogP contribution in [0.3, 0.4) is 0 Å². The Kier molecular flexibility index (Phi) is 6.37. The van der Waals surface area contributed by atoms with Crippen molar-refractivity contribution in [2.75, 3.05) is 19.0 Å². The van der Waals surface area contributed by atoms with E-state index in [2.05, 4.69) is 25.4 Å². The van der Waals surface area contributed by atoms with Gasteiger partial charge in [-0.3, -0.25) is 4.79 Å². The maximum Gasteiger partial charge on any atom is 0.266 e. The maximum atomic E-state index is 12.9. The third-order valence-corrected chi connectivity index (χ3v) is 4.97. The molecule has 0 bridgehead atoms. The van der Waals surface area contributed by atoms with Gasteiger partial charge in [0.15, 0.2) is 11.8 Å². The number of carbonyl (C=O) groups excluding carboxylic acids is 1. The predicted molar refractivity (Wildman–Crippen MR) is 120 cm³/mol. The first-order valence-electron chi connectivity index (χ1n) is 10.2. The normalized spacial score (nSPS) is 12.0. The minimum Gasteiger partial charge on any atom is -0.464 e. The van der Waals surface area contributed by atoms with Crippen LogP contribution < -0.4 is 10.1 Å². The number of amides is 1. The summed E-state index contributed by atoms with van der Waals surface area (Å²) in [5.41, 5.74) is 3.56. The number of aromatic nitrogens is 5. The molecule has 1 atom stereocenters. The van der Waals surface area contributed by atoms with Crippen LogP contribution in [0.1, 0.15) is 17.5 Å². The van der Waals surface area contributed by atoms with Crippen molar-refractivity contribution < 1.29 is 14.3 Å². The molecule has 1 N–H and O–H groups in total. The fourth-order valence-corrected chi connectivity index (χ4v) is 3.25. The number of carbonyl (C=O) groups is 1. The molecular formula is C23H24N6O3. The van der Waals surface area contributed by atoms with Crippen LogP contribution in [-0.2, 0) is 9.53 Å². The number of para-hydroxylation sites is 1. The third-order valence-electron chi connectivity index (χ3n) is 4.97. The minimum atomic E-state index is -0.835. The SMILES string of the molecule is COCC[C@H](Oc1ncnc2c1cnn2-c1ccccc1C)C(=O)Nc1ccc(C)cn1. The molecular weight excluding hydrogens is 408 g/mol. The van der Waals surface area contributed by atoms with E-state index in [1.165, 1.54) is 6.33 Å². The first kappa shape index (κ1) is 21.4. The molecule has 3 heterocycles. The Morgan fingerprint density at radius 2 is 1.94 bits per heavy atom. The number of pyridine rings is 1. The lowest BCUT2D eigenvalue weighted by molar-refractivity contribution is -0.123. The summed E-state index contributed by atoms with van der Waals surface area (Å²) in [6.07, 6.45) is 4.24. The van der Waals surface area contributed by atoms with Gasteiger partial charge in [0.05, 0.1) is 18.5 Å². The Labute approximate surface area is 185 Å². The van der Waals surface area contributed by atoms with Crippen molar-refractivity contribution in [1.82, 2.24) is 24.7 Å². The van der Waals surface area contributed by atoms with E-state index in [0.717, 1.165) is 16.8 Å². The molecule has 4 aromatic rings. The van der Waals surface area contributed by atoms with Gasteiger partial charge in [-0.05, 0) is 37.1 Å². The molecule has 0 saturated heterocycles. The van der Waals surface area contributed by atoms with Gasteiger partial charge < -0.3 is 14.8 Å². The Balaban J connectivity index is 1.62. The monoisotopic (exact) mass is 432 g/mol. The summed E-state index contributed by atoms with van der Waals surface area (Å²) >= 11 is 0. The highest BCUT2D eigenvalue weighted by molar-refractivity contribution is 5.94. The number of nitrogens with one attached hydrogen (secondary N) is 1. The summed E-state index contributed by atoms with van der Waals surface area (Å²) in [4.78, 5) is 25.8. The second kappa shape index (κ2) is 9.52. The number of benzene rings is 1. The van der Waals surface area contributed by atoms with E-state index >= 15 is 0 Å². The molecule has 0 aliphatic heterocycles. The molecule has 0 aliphatic carbocycles. The zero-order chi connectivity index (χ0) is 22.5. The Morgan fingerprint density at radius 3 is 2.69 bits per heavy atom. The van der Waals surface area contributed by atoms with Crippen molar-refractivity contribution in [3.63, 3.8) is 0 Å². The van der Waals surface area contributed by atoms with E-state index < -0.39 is 6.10 Å².